The molecule has 0 fully saturated rings. The highest BCUT2D eigenvalue weighted by molar-refractivity contribution is 6.34. The second-order valence-electron chi connectivity index (χ2n) is 4.88. The van der Waals surface area contributed by atoms with Crippen molar-refractivity contribution in [3.8, 4) is 17.2 Å². The van der Waals surface area contributed by atoms with E-state index >= 15 is 0 Å². The third kappa shape index (κ3) is 4.08. The number of hydrogen-bond donors (Lipinski definition) is 1. The highest BCUT2D eigenvalue weighted by atomic mass is 35.5. The fourth-order valence-electron chi connectivity index (χ4n) is 2.15. The normalized spacial score (nSPS) is 10.2. The van der Waals surface area contributed by atoms with Gasteiger partial charge in [0, 0.05) is 12.1 Å². The maximum absolute atomic E-state index is 13.7. The number of amides is 1. The minimum absolute atomic E-state index is 0.00835. The van der Waals surface area contributed by atoms with Crippen LogP contribution in [-0.4, -0.2) is 27.2 Å². The molecule has 0 spiro atoms. The molecule has 1 N–H and O–H groups in total. The van der Waals surface area contributed by atoms with Gasteiger partial charge in [-0.1, -0.05) is 17.7 Å². The zero-order valence-corrected chi connectivity index (χ0v) is 14.2. The van der Waals surface area contributed by atoms with Crippen LogP contribution >= 0.6 is 11.6 Å². The van der Waals surface area contributed by atoms with Crippen molar-refractivity contribution >= 4 is 23.2 Å². The molecule has 0 unspecified atom stereocenters. The van der Waals surface area contributed by atoms with Gasteiger partial charge in [-0.15, -0.1) is 0 Å². The average Bonchev–Trinajstić information content (AvgIpc) is 2.56. The van der Waals surface area contributed by atoms with Gasteiger partial charge in [-0.2, -0.15) is 0 Å². The Morgan fingerprint density at radius 1 is 1.04 bits per heavy atom. The van der Waals surface area contributed by atoms with Gasteiger partial charge < -0.3 is 19.5 Å². The first-order valence-corrected chi connectivity index (χ1v) is 7.40. The van der Waals surface area contributed by atoms with E-state index in [1.165, 1.54) is 33.5 Å². The number of anilines is 1. The summed E-state index contributed by atoms with van der Waals surface area (Å²) in [5, 5.41) is 2.98. The first-order chi connectivity index (χ1) is 11.5. The van der Waals surface area contributed by atoms with Gasteiger partial charge in [0.15, 0.2) is 23.1 Å². The summed E-state index contributed by atoms with van der Waals surface area (Å²) < 4.78 is 28.8. The molecule has 0 aliphatic rings. The van der Waals surface area contributed by atoms with Gasteiger partial charge in [0.05, 0.1) is 38.5 Å². The molecule has 0 heterocycles. The van der Waals surface area contributed by atoms with E-state index in [2.05, 4.69) is 5.32 Å². The molecular weight excluding hydrogens is 337 g/mol. The molecule has 7 heteroatoms. The Kier molecular flexibility index (Phi) is 5.87. The van der Waals surface area contributed by atoms with Crippen molar-refractivity contribution in [1.29, 1.82) is 0 Å². The average molecular weight is 354 g/mol. The standard InChI is InChI=1S/C17H17ClFNO4/c1-22-14-5-4-10(6-12(14)19)7-17(21)20-13-9-16(24-3)15(23-2)8-11(13)18/h4-6,8-9H,7H2,1-3H3,(H,20,21). The van der Waals surface area contributed by atoms with Gasteiger partial charge in [0.1, 0.15) is 0 Å². The highest BCUT2D eigenvalue weighted by Gasteiger charge is 2.13. The van der Waals surface area contributed by atoms with Crippen LogP contribution < -0.4 is 19.5 Å². The summed E-state index contributed by atoms with van der Waals surface area (Å²) in [6.07, 6.45) is -0.00835. The van der Waals surface area contributed by atoms with E-state index in [0.29, 0.717) is 27.8 Å². The summed E-state index contributed by atoms with van der Waals surface area (Å²) in [4.78, 5) is 12.2. The van der Waals surface area contributed by atoms with E-state index < -0.39 is 5.82 Å². The maximum atomic E-state index is 13.7. The number of methoxy groups -OCH3 is 3. The zero-order chi connectivity index (χ0) is 17.7. The van der Waals surface area contributed by atoms with Gasteiger partial charge in [-0.3, -0.25) is 4.79 Å². The van der Waals surface area contributed by atoms with Crippen LogP contribution in [-0.2, 0) is 11.2 Å². The predicted octanol–water partition coefficient (Wildman–Crippen LogP) is 3.69. The molecule has 0 radical (unpaired) electrons. The first-order valence-electron chi connectivity index (χ1n) is 7.02. The molecule has 0 bridgehead atoms. The van der Waals surface area contributed by atoms with Gasteiger partial charge in [-0.25, -0.2) is 4.39 Å². The minimum atomic E-state index is -0.521. The molecule has 5 nitrogen and oxygen atoms in total. The Morgan fingerprint density at radius 2 is 1.67 bits per heavy atom. The fourth-order valence-corrected chi connectivity index (χ4v) is 2.35. The Bertz CT molecular complexity index is 752. The number of ether oxygens (including phenoxy) is 3. The highest BCUT2D eigenvalue weighted by Crippen LogP contribution is 2.36. The Balaban J connectivity index is 2.13. The number of halogens is 2. The largest absolute Gasteiger partial charge is 0.494 e. The summed E-state index contributed by atoms with van der Waals surface area (Å²) in [6, 6.07) is 7.46. The number of rotatable bonds is 6. The van der Waals surface area contributed by atoms with Gasteiger partial charge in [0.25, 0.3) is 0 Å². The Hall–Kier alpha value is -2.47. The van der Waals surface area contributed by atoms with Gasteiger partial charge in [-0.05, 0) is 17.7 Å². The van der Waals surface area contributed by atoms with Crippen LogP contribution in [0.5, 0.6) is 17.2 Å². The van der Waals surface area contributed by atoms with Crippen molar-refractivity contribution in [2.24, 2.45) is 0 Å². The van der Waals surface area contributed by atoms with Crippen molar-refractivity contribution in [2.45, 2.75) is 6.42 Å². The van der Waals surface area contributed by atoms with Crippen LogP contribution in [0.4, 0.5) is 10.1 Å². The van der Waals surface area contributed by atoms with Gasteiger partial charge >= 0.3 is 0 Å². The van der Waals surface area contributed by atoms with E-state index in [-0.39, 0.29) is 18.1 Å². The molecule has 0 aliphatic heterocycles. The Morgan fingerprint density at radius 3 is 2.25 bits per heavy atom. The molecule has 2 aromatic rings. The maximum Gasteiger partial charge on any atom is 0.228 e. The fraction of sp³-hybridized carbons (Fsp3) is 0.235. The van der Waals surface area contributed by atoms with E-state index in [1.807, 2.05) is 0 Å². The molecule has 2 rings (SSSR count). The number of carbonyl (C=O) groups is 1. The van der Waals surface area contributed by atoms with Crippen LogP contribution in [0.15, 0.2) is 30.3 Å². The lowest BCUT2D eigenvalue weighted by Crippen LogP contribution is -2.15. The topological polar surface area (TPSA) is 56.8 Å². The summed E-state index contributed by atoms with van der Waals surface area (Å²) in [7, 11) is 4.35. The molecule has 0 aliphatic carbocycles. The number of benzene rings is 2. The number of nitrogens with one attached hydrogen (secondary N) is 1. The summed E-state index contributed by atoms with van der Waals surface area (Å²) in [5.41, 5.74) is 0.899. The van der Waals surface area contributed by atoms with Crippen LogP contribution in [0.3, 0.4) is 0 Å². The predicted molar refractivity (Wildman–Crippen MR) is 89.8 cm³/mol. The van der Waals surface area contributed by atoms with Crippen LogP contribution in [0.25, 0.3) is 0 Å². The Labute approximate surface area is 144 Å². The summed E-state index contributed by atoms with van der Waals surface area (Å²) in [5.74, 6) is 0.160. The molecule has 24 heavy (non-hydrogen) atoms. The van der Waals surface area contributed by atoms with Crippen molar-refractivity contribution < 1.29 is 23.4 Å². The summed E-state index contributed by atoms with van der Waals surface area (Å²) >= 11 is 6.12. The number of carbonyl (C=O) groups excluding carboxylic acids is 1. The van der Waals surface area contributed by atoms with E-state index in [4.69, 9.17) is 25.8 Å². The lowest BCUT2D eigenvalue weighted by Gasteiger charge is -2.13. The van der Waals surface area contributed by atoms with Crippen LogP contribution in [0.2, 0.25) is 5.02 Å². The molecule has 128 valence electrons. The minimum Gasteiger partial charge on any atom is -0.494 e. The monoisotopic (exact) mass is 353 g/mol. The molecular formula is C17H17ClFNO4. The first kappa shape index (κ1) is 17.9. The molecule has 0 saturated heterocycles. The van der Waals surface area contributed by atoms with E-state index in [0.717, 1.165) is 0 Å². The van der Waals surface area contributed by atoms with Crippen molar-refractivity contribution in [3.63, 3.8) is 0 Å². The van der Waals surface area contributed by atoms with Crippen LogP contribution in [0.1, 0.15) is 5.56 Å². The molecule has 2 aromatic carbocycles. The van der Waals surface area contributed by atoms with Crippen molar-refractivity contribution in [2.75, 3.05) is 26.6 Å². The zero-order valence-electron chi connectivity index (χ0n) is 13.5. The van der Waals surface area contributed by atoms with E-state index in [1.54, 1.807) is 18.2 Å². The van der Waals surface area contributed by atoms with Crippen molar-refractivity contribution in [1.82, 2.24) is 0 Å². The SMILES string of the molecule is COc1ccc(CC(=O)Nc2cc(OC)c(OC)cc2Cl)cc1F. The number of hydrogen-bond acceptors (Lipinski definition) is 4. The second kappa shape index (κ2) is 7.88. The quantitative estimate of drug-likeness (QED) is 0.860. The van der Waals surface area contributed by atoms with E-state index in [9.17, 15) is 9.18 Å². The van der Waals surface area contributed by atoms with Gasteiger partial charge in [0.2, 0.25) is 5.91 Å². The lowest BCUT2D eigenvalue weighted by molar-refractivity contribution is -0.115. The summed E-state index contributed by atoms with van der Waals surface area (Å²) in [6.45, 7) is 0. The lowest BCUT2D eigenvalue weighted by atomic mass is 10.1. The third-order valence-electron chi connectivity index (χ3n) is 3.33. The third-order valence-corrected chi connectivity index (χ3v) is 3.64. The molecule has 1 amide bonds. The second-order valence-corrected chi connectivity index (χ2v) is 5.29. The smallest absolute Gasteiger partial charge is 0.228 e. The molecule has 0 aromatic heterocycles. The molecule has 0 saturated carbocycles. The van der Waals surface area contributed by atoms with Crippen molar-refractivity contribution in [3.05, 3.63) is 46.7 Å². The van der Waals surface area contributed by atoms with Crippen LogP contribution in [0, 0.1) is 5.82 Å². The molecule has 0 atom stereocenters.